The number of thioether (sulfide) groups is 1. The van der Waals surface area contributed by atoms with Crippen LogP contribution in [0.1, 0.15) is 16.7 Å². The van der Waals surface area contributed by atoms with Crippen LogP contribution in [0.5, 0.6) is 0 Å². The van der Waals surface area contributed by atoms with E-state index in [4.69, 9.17) is 16.9 Å². The maximum atomic E-state index is 12.5. The minimum Gasteiger partial charge on any atom is -0.268 e. The molecule has 118 valence electrons. The number of nitriles is 1. The van der Waals surface area contributed by atoms with Crippen molar-refractivity contribution in [2.45, 2.75) is 6.54 Å². The van der Waals surface area contributed by atoms with Gasteiger partial charge in [0.2, 0.25) is 0 Å². The molecule has 1 heterocycles. The lowest BCUT2D eigenvalue weighted by atomic mass is 10.1. The molecule has 1 fully saturated rings. The van der Waals surface area contributed by atoms with Crippen molar-refractivity contribution in [2.75, 3.05) is 0 Å². The van der Waals surface area contributed by atoms with Crippen molar-refractivity contribution in [3.63, 3.8) is 0 Å². The maximum absolute atomic E-state index is 12.5. The second-order valence-electron chi connectivity index (χ2n) is 5.13. The topological polar surface area (TPSA) is 61.2 Å². The molecule has 24 heavy (non-hydrogen) atoms. The Morgan fingerprint density at radius 2 is 1.75 bits per heavy atom. The third-order valence-corrected chi connectivity index (χ3v) is 4.62. The Kier molecular flexibility index (Phi) is 4.70. The molecule has 0 unspecified atom stereocenters. The van der Waals surface area contributed by atoms with Crippen LogP contribution in [0.3, 0.4) is 0 Å². The van der Waals surface area contributed by atoms with E-state index in [2.05, 4.69) is 0 Å². The van der Waals surface area contributed by atoms with Gasteiger partial charge in [-0.15, -0.1) is 0 Å². The molecule has 3 rings (SSSR count). The molecule has 2 amide bonds. The fraction of sp³-hybridized carbons (Fsp3) is 0.0556. The zero-order valence-electron chi connectivity index (χ0n) is 12.4. The van der Waals surface area contributed by atoms with Crippen LogP contribution in [0.4, 0.5) is 4.79 Å². The first-order chi connectivity index (χ1) is 11.6. The summed E-state index contributed by atoms with van der Waals surface area (Å²) in [6.45, 7) is 0.215. The molecule has 0 radical (unpaired) electrons. The highest BCUT2D eigenvalue weighted by Crippen LogP contribution is 2.33. The Morgan fingerprint density at radius 3 is 2.38 bits per heavy atom. The third kappa shape index (κ3) is 3.51. The smallest absolute Gasteiger partial charge is 0.268 e. The number of imide groups is 1. The summed E-state index contributed by atoms with van der Waals surface area (Å²) in [5.41, 5.74) is 2.15. The number of benzene rings is 2. The summed E-state index contributed by atoms with van der Waals surface area (Å²) in [7, 11) is 0. The first-order valence-electron chi connectivity index (χ1n) is 7.07. The Bertz CT molecular complexity index is 867. The van der Waals surface area contributed by atoms with Crippen LogP contribution < -0.4 is 0 Å². The standard InChI is InChI=1S/C18H11ClN2O2S/c19-15-7-5-14(6-8-15)11-21-17(22)16(24-18(21)23)9-12-1-3-13(10-20)4-2-12/h1-9H,11H2/b16-9-. The van der Waals surface area contributed by atoms with Gasteiger partial charge in [-0.05, 0) is 53.2 Å². The zero-order valence-corrected chi connectivity index (χ0v) is 14.0. The molecule has 4 nitrogen and oxygen atoms in total. The van der Waals surface area contributed by atoms with Crippen LogP contribution in [-0.4, -0.2) is 16.0 Å². The van der Waals surface area contributed by atoms with E-state index in [0.717, 1.165) is 22.9 Å². The molecule has 0 bridgehead atoms. The van der Waals surface area contributed by atoms with E-state index in [0.29, 0.717) is 15.5 Å². The van der Waals surface area contributed by atoms with Crippen molar-refractivity contribution < 1.29 is 9.59 Å². The summed E-state index contributed by atoms with van der Waals surface area (Å²) in [6.07, 6.45) is 1.66. The first-order valence-corrected chi connectivity index (χ1v) is 8.26. The number of hydrogen-bond acceptors (Lipinski definition) is 4. The quantitative estimate of drug-likeness (QED) is 0.764. The molecule has 1 saturated heterocycles. The lowest BCUT2D eigenvalue weighted by Gasteiger charge is -2.12. The Morgan fingerprint density at radius 1 is 1.08 bits per heavy atom. The number of amides is 2. The molecule has 1 aliphatic heterocycles. The van der Waals surface area contributed by atoms with Crippen molar-refractivity contribution in [1.29, 1.82) is 5.26 Å². The van der Waals surface area contributed by atoms with Crippen LogP contribution in [0, 0.1) is 11.3 Å². The molecule has 1 aliphatic rings. The predicted molar refractivity (Wildman–Crippen MR) is 94.1 cm³/mol. The van der Waals surface area contributed by atoms with E-state index in [1.165, 1.54) is 4.90 Å². The summed E-state index contributed by atoms with van der Waals surface area (Å²) in [6, 6.07) is 15.9. The highest BCUT2D eigenvalue weighted by atomic mass is 35.5. The van der Waals surface area contributed by atoms with E-state index in [1.54, 1.807) is 54.6 Å². The van der Waals surface area contributed by atoms with Crippen LogP contribution in [-0.2, 0) is 11.3 Å². The lowest BCUT2D eigenvalue weighted by molar-refractivity contribution is -0.123. The normalized spacial score (nSPS) is 15.8. The molecular formula is C18H11ClN2O2S. The minimum atomic E-state index is -0.315. The van der Waals surface area contributed by atoms with Crippen molar-refractivity contribution in [1.82, 2.24) is 4.90 Å². The summed E-state index contributed by atoms with van der Waals surface area (Å²) >= 11 is 6.76. The molecule has 0 saturated carbocycles. The SMILES string of the molecule is N#Cc1ccc(/C=C2\SC(=O)N(Cc3ccc(Cl)cc3)C2=O)cc1. The van der Waals surface area contributed by atoms with Crippen LogP contribution in [0.25, 0.3) is 6.08 Å². The van der Waals surface area contributed by atoms with Gasteiger partial charge in [-0.3, -0.25) is 14.5 Å². The molecule has 2 aromatic rings. The maximum Gasteiger partial charge on any atom is 0.293 e. The van der Waals surface area contributed by atoms with Gasteiger partial charge in [0.15, 0.2) is 0 Å². The van der Waals surface area contributed by atoms with Gasteiger partial charge in [0.25, 0.3) is 11.1 Å². The summed E-state index contributed by atoms with van der Waals surface area (Å²) in [5, 5.41) is 9.11. The number of carbonyl (C=O) groups is 2. The lowest BCUT2D eigenvalue weighted by Crippen LogP contribution is -2.27. The van der Waals surface area contributed by atoms with Gasteiger partial charge in [-0.2, -0.15) is 5.26 Å². The number of rotatable bonds is 3. The molecule has 0 aromatic heterocycles. The van der Waals surface area contributed by atoms with Gasteiger partial charge in [-0.25, -0.2) is 0 Å². The molecule has 0 aliphatic carbocycles. The van der Waals surface area contributed by atoms with Crippen LogP contribution in [0.15, 0.2) is 53.4 Å². The Labute approximate surface area is 148 Å². The monoisotopic (exact) mass is 354 g/mol. The molecule has 0 spiro atoms. The van der Waals surface area contributed by atoms with Crippen molar-refractivity contribution in [2.24, 2.45) is 0 Å². The van der Waals surface area contributed by atoms with Crippen molar-refractivity contribution >= 4 is 40.6 Å². The predicted octanol–water partition coefficient (Wildman–Crippen LogP) is 4.45. The van der Waals surface area contributed by atoms with Gasteiger partial charge >= 0.3 is 0 Å². The molecule has 6 heteroatoms. The summed E-state index contributed by atoms with van der Waals surface area (Å²) < 4.78 is 0. The van der Waals surface area contributed by atoms with E-state index in [1.807, 2.05) is 6.07 Å². The van der Waals surface area contributed by atoms with E-state index >= 15 is 0 Å². The summed E-state index contributed by atoms with van der Waals surface area (Å²) in [5.74, 6) is -0.315. The molecule has 2 aromatic carbocycles. The number of nitrogens with zero attached hydrogens (tertiary/aromatic N) is 2. The Hall–Kier alpha value is -2.55. The third-order valence-electron chi connectivity index (χ3n) is 3.47. The second-order valence-corrected chi connectivity index (χ2v) is 6.56. The number of hydrogen-bond donors (Lipinski definition) is 0. The fourth-order valence-corrected chi connectivity index (χ4v) is 3.18. The van der Waals surface area contributed by atoms with Gasteiger partial charge in [0.1, 0.15) is 0 Å². The molecule has 0 N–H and O–H groups in total. The zero-order chi connectivity index (χ0) is 17.1. The van der Waals surface area contributed by atoms with Crippen molar-refractivity contribution in [3.8, 4) is 6.07 Å². The number of halogens is 1. The second kappa shape index (κ2) is 6.91. The van der Waals surface area contributed by atoms with E-state index in [-0.39, 0.29) is 17.7 Å². The van der Waals surface area contributed by atoms with Gasteiger partial charge in [-0.1, -0.05) is 35.9 Å². The van der Waals surface area contributed by atoms with Crippen LogP contribution in [0.2, 0.25) is 5.02 Å². The van der Waals surface area contributed by atoms with Gasteiger partial charge in [0.05, 0.1) is 23.1 Å². The average molecular weight is 355 g/mol. The minimum absolute atomic E-state index is 0.215. The van der Waals surface area contributed by atoms with Gasteiger partial charge in [0, 0.05) is 5.02 Å². The highest BCUT2D eigenvalue weighted by Gasteiger charge is 2.34. The molecule has 0 atom stereocenters. The van der Waals surface area contributed by atoms with E-state index in [9.17, 15) is 9.59 Å². The first kappa shape index (κ1) is 16.3. The fourth-order valence-electron chi connectivity index (χ4n) is 2.21. The van der Waals surface area contributed by atoms with Crippen molar-refractivity contribution in [3.05, 3.63) is 75.1 Å². The largest absolute Gasteiger partial charge is 0.293 e. The molecular weight excluding hydrogens is 344 g/mol. The van der Waals surface area contributed by atoms with E-state index < -0.39 is 0 Å². The summed E-state index contributed by atoms with van der Waals surface area (Å²) in [4.78, 5) is 26.2. The Balaban J connectivity index is 1.79. The van der Waals surface area contributed by atoms with Gasteiger partial charge < -0.3 is 0 Å². The van der Waals surface area contributed by atoms with Crippen LogP contribution >= 0.6 is 23.4 Å². The highest BCUT2D eigenvalue weighted by molar-refractivity contribution is 8.18. The average Bonchev–Trinajstić information content (AvgIpc) is 2.85. The number of carbonyl (C=O) groups excluding carboxylic acids is 2.